The molecule has 2 heterocycles. The first-order valence-electron chi connectivity index (χ1n) is 7.39. The van der Waals surface area contributed by atoms with Gasteiger partial charge in [0.2, 0.25) is 11.8 Å². The number of amides is 1. The van der Waals surface area contributed by atoms with E-state index >= 15 is 0 Å². The van der Waals surface area contributed by atoms with Crippen molar-refractivity contribution in [2.45, 2.75) is 38.5 Å². The molecule has 0 unspecified atom stereocenters. The lowest BCUT2D eigenvalue weighted by Gasteiger charge is -2.09. The molecule has 1 amide bonds. The molecule has 0 aliphatic carbocycles. The second-order valence-electron chi connectivity index (χ2n) is 5.29. The first-order valence-corrected chi connectivity index (χ1v) is 8.38. The van der Waals surface area contributed by atoms with E-state index in [1.807, 2.05) is 38.6 Å². The minimum atomic E-state index is -0.0174. The quantitative estimate of drug-likeness (QED) is 0.766. The first kappa shape index (κ1) is 17.3. The molecular weight excluding hydrogens is 316 g/mol. The van der Waals surface area contributed by atoms with Crippen LogP contribution in [-0.2, 0) is 18.4 Å². The van der Waals surface area contributed by atoms with Crippen molar-refractivity contribution in [2.24, 2.45) is 7.05 Å². The molecule has 0 aromatic carbocycles. The fourth-order valence-corrected chi connectivity index (χ4v) is 2.96. The van der Waals surface area contributed by atoms with Gasteiger partial charge in [-0.15, -0.1) is 15.3 Å². The summed E-state index contributed by atoms with van der Waals surface area (Å²) in [6.45, 7) is 6.57. The molecule has 0 spiro atoms. The van der Waals surface area contributed by atoms with E-state index in [9.17, 15) is 4.79 Å². The molecule has 2 aromatic rings. The van der Waals surface area contributed by atoms with Gasteiger partial charge in [0.15, 0.2) is 11.0 Å². The van der Waals surface area contributed by atoms with Crippen LogP contribution in [0.3, 0.4) is 0 Å². The summed E-state index contributed by atoms with van der Waals surface area (Å²) in [5.74, 6) is 1.48. The van der Waals surface area contributed by atoms with Crippen molar-refractivity contribution < 1.29 is 9.53 Å². The highest BCUT2D eigenvalue weighted by molar-refractivity contribution is 7.99. The maximum absolute atomic E-state index is 11.8. The Morgan fingerprint density at radius 1 is 1.43 bits per heavy atom. The third-order valence-electron chi connectivity index (χ3n) is 3.04. The molecule has 8 nitrogen and oxygen atoms in total. The molecule has 0 fully saturated rings. The number of aromatic nitrogens is 5. The normalized spacial score (nSPS) is 11.0. The largest absolute Gasteiger partial charge is 0.479 e. The van der Waals surface area contributed by atoms with Crippen molar-refractivity contribution in [2.75, 3.05) is 12.9 Å². The Kier molecular flexibility index (Phi) is 5.64. The first-order chi connectivity index (χ1) is 11.0. The van der Waals surface area contributed by atoms with Gasteiger partial charge in [0.1, 0.15) is 5.56 Å². The minimum absolute atomic E-state index is 0.0174. The van der Waals surface area contributed by atoms with Crippen LogP contribution < -0.4 is 10.1 Å². The molecule has 0 saturated heterocycles. The molecule has 2 rings (SSSR count). The summed E-state index contributed by atoms with van der Waals surface area (Å²) < 4.78 is 8.91. The predicted octanol–water partition coefficient (Wildman–Crippen LogP) is 1.32. The van der Waals surface area contributed by atoms with E-state index in [2.05, 4.69) is 20.6 Å². The monoisotopic (exact) mass is 338 g/mol. The summed E-state index contributed by atoms with van der Waals surface area (Å²) in [6.07, 6.45) is 1.84. The molecule has 23 heavy (non-hydrogen) atoms. The molecule has 0 atom stereocenters. The van der Waals surface area contributed by atoms with Crippen molar-refractivity contribution in [1.82, 2.24) is 29.9 Å². The van der Waals surface area contributed by atoms with Gasteiger partial charge >= 0.3 is 0 Å². The zero-order chi connectivity index (χ0) is 17.0. The number of methoxy groups -OCH3 is 1. The van der Waals surface area contributed by atoms with Crippen LogP contribution in [0.2, 0.25) is 0 Å². The van der Waals surface area contributed by atoms with Crippen LogP contribution in [-0.4, -0.2) is 49.4 Å². The Morgan fingerprint density at radius 3 is 2.78 bits per heavy atom. The topological polar surface area (TPSA) is 86.9 Å². The summed E-state index contributed by atoms with van der Waals surface area (Å²) in [5.41, 5.74) is 0.780. The van der Waals surface area contributed by atoms with E-state index in [4.69, 9.17) is 4.74 Å². The zero-order valence-electron chi connectivity index (χ0n) is 14.0. The molecule has 0 radical (unpaired) electrons. The van der Waals surface area contributed by atoms with E-state index in [-0.39, 0.29) is 11.9 Å². The number of hydrogen-bond acceptors (Lipinski definition) is 6. The Morgan fingerprint density at radius 2 is 2.17 bits per heavy atom. The van der Waals surface area contributed by atoms with E-state index in [0.717, 1.165) is 5.56 Å². The second kappa shape index (κ2) is 7.49. The van der Waals surface area contributed by atoms with Gasteiger partial charge in [0.05, 0.1) is 12.9 Å². The molecule has 0 aliphatic heterocycles. The number of ether oxygens (including phenoxy) is 1. The third kappa shape index (κ3) is 4.04. The smallest absolute Gasteiger partial charge is 0.243 e. The Balaban J connectivity index is 2.21. The van der Waals surface area contributed by atoms with Crippen molar-refractivity contribution in [3.8, 4) is 17.3 Å². The van der Waals surface area contributed by atoms with Crippen LogP contribution in [0.5, 0.6) is 5.88 Å². The number of thioether (sulfide) groups is 1. The fraction of sp³-hybridized carbons (Fsp3) is 0.571. The highest BCUT2D eigenvalue weighted by Gasteiger charge is 2.20. The van der Waals surface area contributed by atoms with Crippen LogP contribution in [0.4, 0.5) is 0 Å². The molecule has 126 valence electrons. The minimum Gasteiger partial charge on any atom is -0.479 e. The summed E-state index contributed by atoms with van der Waals surface area (Å²) in [6, 6.07) is 0.127. The van der Waals surface area contributed by atoms with Crippen LogP contribution in [0.1, 0.15) is 20.8 Å². The number of aryl methyl sites for hydroxylation is 1. The number of hydrogen-bond donors (Lipinski definition) is 1. The number of rotatable bonds is 7. The van der Waals surface area contributed by atoms with Gasteiger partial charge in [-0.2, -0.15) is 0 Å². The molecule has 0 saturated carbocycles. The fourth-order valence-electron chi connectivity index (χ4n) is 2.15. The average Bonchev–Trinajstić information content (AvgIpc) is 3.06. The van der Waals surface area contributed by atoms with Crippen molar-refractivity contribution in [1.29, 1.82) is 0 Å². The molecule has 1 N–H and O–H groups in total. The maximum atomic E-state index is 11.8. The zero-order valence-corrected chi connectivity index (χ0v) is 14.8. The highest BCUT2D eigenvalue weighted by atomic mass is 32.2. The van der Waals surface area contributed by atoms with Gasteiger partial charge in [-0.3, -0.25) is 9.48 Å². The standard InChI is InChI=1S/C14H22N6O2S/c1-6-20-12(10-7-19(4)18-13(10)22-5)16-17-14(20)23-8-11(21)15-9(2)3/h7,9H,6,8H2,1-5H3,(H,15,21). The van der Waals surface area contributed by atoms with Gasteiger partial charge in [-0.25, -0.2) is 0 Å². The van der Waals surface area contributed by atoms with E-state index in [1.54, 1.807) is 11.8 Å². The molecule has 0 aliphatic rings. The van der Waals surface area contributed by atoms with Gasteiger partial charge < -0.3 is 14.6 Å². The van der Waals surface area contributed by atoms with Crippen LogP contribution in [0, 0.1) is 0 Å². The van der Waals surface area contributed by atoms with E-state index < -0.39 is 0 Å². The molecule has 9 heteroatoms. The lowest BCUT2D eigenvalue weighted by atomic mass is 10.3. The Labute approximate surface area is 139 Å². The Hall–Kier alpha value is -2.03. The molecular formula is C14H22N6O2S. The lowest BCUT2D eigenvalue weighted by molar-refractivity contribution is -0.119. The SMILES string of the molecule is CCn1c(SCC(=O)NC(C)C)nnc1-c1cn(C)nc1OC. The second-order valence-corrected chi connectivity index (χ2v) is 6.23. The number of nitrogens with one attached hydrogen (secondary N) is 1. The summed E-state index contributed by atoms with van der Waals surface area (Å²) in [5, 5.41) is 16.2. The summed E-state index contributed by atoms with van der Waals surface area (Å²) in [4.78, 5) is 11.8. The molecule has 0 bridgehead atoms. The van der Waals surface area contributed by atoms with Crippen LogP contribution >= 0.6 is 11.8 Å². The predicted molar refractivity (Wildman–Crippen MR) is 88.5 cm³/mol. The average molecular weight is 338 g/mol. The maximum Gasteiger partial charge on any atom is 0.243 e. The van der Waals surface area contributed by atoms with Crippen molar-refractivity contribution in [3.63, 3.8) is 0 Å². The number of carbonyl (C=O) groups is 1. The molecule has 2 aromatic heterocycles. The summed E-state index contributed by atoms with van der Waals surface area (Å²) >= 11 is 1.37. The lowest BCUT2D eigenvalue weighted by Crippen LogP contribution is -2.31. The van der Waals surface area contributed by atoms with Gasteiger partial charge in [0, 0.05) is 25.8 Å². The van der Waals surface area contributed by atoms with Crippen molar-refractivity contribution >= 4 is 17.7 Å². The van der Waals surface area contributed by atoms with E-state index in [1.165, 1.54) is 11.8 Å². The number of nitrogens with zero attached hydrogens (tertiary/aromatic N) is 5. The van der Waals surface area contributed by atoms with Crippen LogP contribution in [0.15, 0.2) is 11.4 Å². The van der Waals surface area contributed by atoms with Crippen LogP contribution in [0.25, 0.3) is 11.4 Å². The number of carbonyl (C=O) groups excluding carboxylic acids is 1. The van der Waals surface area contributed by atoms with Crippen molar-refractivity contribution in [3.05, 3.63) is 6.20 Å². The van der Waals surface area contributed by atoms with E-state index in [0.29, 0.717) is 29.2 Å². The highest BCUT2D eigenvalue weighted by Crippen LogP contribution is 2.29. The van der Waals surface area contributed by atoms with Gasteiger partial charge in [0.25, 0.3) is 0 Å². The summed E-state index contributed by atoms with van der Waals surface area (Å²) in [7, 11) is 3.40. The third-order valence-corrected chi connectivity index (χ3v) is 4.01. The van der Waals surface area contributed by atoms with Gasteiger partial charge in [-0.05, 0) is 20.8 Å². The Bertz CT molecular complexity index is 679. The van der Waals surface area contributed by atoms with Gasteiger partial charge in [-0.1, -0.05) is 11.8 Å².